The lowest BCUT2D eigenvalue weighted by Gasteiger charge is -2.11. The lowest BCUT2D eigenvalue weighted by Crippen LogP contribution is -2.00. The third-order valence-corrected chi connectivity index (χ3v) is 7.26. The van der Waals surface area contributed by atoms with Gasteiger partial charge < -0.3 is 0 Å². The Kier molecular flexibility index (Phi) is 4.18. The second kappa shape index (κ2) is 11.0. The van der Waals surface area contributed by atoms with Gasteiger partial charge in [0, 0.05) is 16.7 Å². The Balaban J connectivity index is 1.34. The van der Waals surface area contributed by atoms with Crippen LogP contribution in [0.3, 0.4) is 0 Å². The molecule has 44 heavy (non-hydrogen) atoms. The van der Waals surface area contributed by atoms with E-state index in [1.165, 1.54) is 0 Å². The molecule has 1 aromatic heterocycles. The quantitative estimate of drug-likeness (QED) is 0.206. The second-order valence-corrected chi connectivity index (χ2v) is 10.0. The molecule has 8 aromatic rings. The lowest BCUT2D eigenvalue weighted by molar-refractivity contribution is 1.07. The van der Waals surface area contributed by atoms with E-state index >= 15 is 0 Å². The third-order valence-electron chi connectivity index (χ3n) is 7.26. The van der Waals surface area contributed by atoms with Crippen molar-refractivity contribution in [3.05, 3.63) is 164 Å². The van der Waals surface area contributed by atoms with Crippen LogP contribution in [0.5, 0.6) is 0 Å². The minimum Gasteiger partial charge on any atom is -0.208 e. The summed E-state index contributed by atoms with van der Waals surface area (Å²) in [5, 5.41) is 1.56. The minimum absolute atomic E-state index is 0.125. The highest BCUT2D eigenvalue weighted by Gasteiger charge is 2.13. The Morgan fingerprint density at radius 2 is 0.932 bits per heavy atom. The first-order valence-corrected chi connectivity index (χ1v) is 13.9. The molecule has 3 heteroatoms. The van der Waals surface area contributed by atoms with Crippen molar-refractivity contribution in [3.63, 3.8) is 0 Å². The van der Waals surface area contributed by atoms with E-state index in [-0.39, 0.29) is 33.8 Å². The maximum absolute atomic E-state index is 9.29. The van der Waals surface area contributed by atoms with E-state index in [0.29, 0.717) is 11.1 Å². The van der Waals surface area contributed by atoms with E-state index in [9.17, 15) is 1.37 Å². The Morgan fingerprint density at radius 1 is 0.364 bits per heavy atom. The van der Waals surface area contributed by atoms with Crippen molar-refractivity contribution in [2.24, 2.45) is 0 Å². The maximum atomic E-state index is 9.29. The molecule has 0 aliphatic carbocycles. The average molecular weight is 573 g/mol. The van der Waals surface area contributed by atoms with Gasteiger partial charge in [0.25, 0.3) is 0 Å². The molecule has 0 bridgehead atoms. The summed E-state index contributed by atoms with van der Waals surface area (Å²) < 4.78 is 95.5. The van der Waals surface area contributed by atoms with E-state index < -0.39 is 77.6 Å². The van der Waals surface area contributed by atoms with Gasteiger partial charge in [-0.05, 0) is 55.9 Å². The van der Waals surface area contributed by atoms with Crippen LogP contribution in [-0.4, -0.2) is 15.0 Å². The summed E-state index contributed by atoms with van der Waals surface area (Å²) in [4.78, 5) is 14.1. The van der Waals surface area contributed by atoms with Gasteiger partial charge in [-0.1, -0.05) is 151 Å². The molecule has 0 saturated heterocycles. The van der Waals surface area contributed by atoms with Gasteiger partial charge in [-0.15, -0.1) is 0 Å². The molecule has 0 fully saturated rings. The Morgan fingerprint density at radius 3 is 1.68 bits per heavy atom. The van der Waals surface area contributed by atoms with E-state index in [1.807, 2.05) is 66.7 Å². The molecule has 206 valence electrons. The molecule has 0 saturated carbocycles. The molecule has 0 atom stereocenters. The molecule has 0 radical (unpaired) electrons. The Bertz CT molecular complexity index is 2850. The van der Waals surface area contributed by atoms with Crippen LogP contribution in [-0.2, 0) is 0 Å². The van der Waals surface area contributed by atoms with Crippen LogP contribution in [0.25, 0.3) is 78.0 Å². The minimum atomic E-state index is -0.687. The molecule has 7 aromatic carbocycles. The smallest absolute Gasteiger partial charge is 0.164 e. The monoisotopic (exact) mass is 572 g/mol. The number of nitrogens with zero attached hydrogens (tertiary/aromatic N) is 3. The SMILES string of the molecule is [2H]c1c([2H])c([2H])c(-c2c([2H])c([2H])c3c([2H])c(-c4nc(-c5ccccc5)nc(-c5ccc(-c6cccc7ccccc67)cc5)n4)c([2H])c([2H])c3c2[2H])c([2H])c1[2H]. The third kappa shape index (κ3) is 4.91. The molecule has 0 aliphatic heterocycles. The number of aromatic nitrogens is 3. The normalized spacial score (nSPS) is 14.7. The van der Waals surface area contributed by atoms with Crippen LogP contribution in [0.15, 0.2) is 164 Å². The van der Waals surface area contributed by atoms with Gasteiger partial charge in [-0.2, -0.15) is 0 Å². The summed E-state index contributed by atoms with van der Waals surface area (Å²) in [6, 6.07) is 24.1. The second-order valence-electron chi connectivity index (χ2n) is 10.0. The van der Waals surface area contributed by atoms with Crippen LogP contribution >= 0.6 is 0 Å². The topological polar surface area (TPSA) is 38.7 Å². The number of hydrogen-bond acceptors (Lipinski definition) is 3. The fourth-order valence-corrected chi connectivity index (χ4v) is 5.10. The molecular weight excluding hydrogens is 534 g/mol. The van der Waals surface area contributed by atoms with Crippen LogP contribution in [0.4, 0.5) is 0 Å². The molecule has 0 spiro atoms. The van der Waals surface area contributed by atoms with Crippen molar-refractivity contribution < 1.29 is 15.1 Å². The van der Waals surface area contributed by atoms with E-state index in [1.54, 1.807) is 12.1 Å². The van der Waals surface area contributed by atoms with Crippen LogP contribution < -0.4 is 0 Å². The van der Waals surface area contributed by atoms with Gasteiger partial charge in [-0.25, -0.2) is 15.0 Å². The molecule has 0 aliphatic rings. The first-order valence-electron chi connectivity index (χ1n) is 19.4. The fourth-order valence-electron chi connectivity index (χ4n) is 5.10. The zero-order chi connectivity index (χ0) is 38.9. The maximum Gasteiger partial charge on any atom is 0.164 e. The summed E-state index contributed by atoms with van der Waals surface area (Å²) in [6.07, 6.45) is 0. The van der Waals surface area contributed by atoms with Gasteiger partial charge in [-0.3, -0.25) is 0 Å². The van der Waals surface area contributed by atoms with E-state index in [4.69, 9.17) is 23.7 Å². The van der Waals surface area contributed by atoms with Crippen LogP contribution in [0.2, 0.25) is 0 Å². The Labute approximate surface area is 271 Å². The Hall–Kier alpha value is -5.93. The molecule has 8 rings (SSSR count). The summed E-state index contributed by atoms with van der Waals surface area (Å²) in [7, 11) is 0. The summed E-state index contributed by atoms with van der Waals surface area (Å²) in [6.45, 7) is 0. The van der Waals surface area contributed by atoms with Gasteiger partial charge >= 0.3 is 0 Å². The highest BCUT2D eigenvalue weighted by atomic mass is 15.0. The fraction of sp³-hybridized carbons (Fsp3) is 0. The van der Waals surface area contributed by atoms with Crippen LogP contribution in [0, 0.1) is 0 Å². The average Bonchev–Trinajstić information content (AvgIpc) is 3.21. The van der Waals surface area contributed by atoms with E-state index in [2.05, 4.69) is 23.2 Å². The number of hydrogen-bond donors (Lipinski definition) is 0. The number of benzene rings is 7. The molecule has 0 unspecified atom stereocenters. The van der Waals surface area contributed by atoms with Crippen molar-refractivity contribution >= 4 is 21.5 Å². The largest absolute Gasteiger partial charge is 0.208 e. The van der Waals surface area contributed by atoms with Gasteiger partial charge in [0.2, 0.25) is 0 Å². The van der Waals surface area contributed by atoms with Crippen molar-refractivity contribution in [1.29, 1.82) is 0 Å². The van der Waals surface area contributed by atoms with Gasteiger partial charge in [0.05, 0.1) is 15.1 Å². The molecule has 3 nitrogen and oxygen atoms in total. The van der Waals surface area contributed by atoms with Crippen molar-refractivity contribution in [1.82, 2.24) is 15.0 Å². The number of fused-ring (bicyclic) bond motifs is 2. The zero-order valence-corrected chi connectivity index (χ0v) is 23.1. The predicted molar refractivity (Wildman–Crippen MR) is 182 cm³/mol. The number of rotatable bonds is 5. The highest BCUT2D eigenvalue weighted by Crippen LogP contribution is 2.32. The van der Waals surface area contributed by atoms with Crippen molar-refractivity contribution in [2.45, 2.75) is 0 Å². The van der Waals surface area contributed by atoms with Gasteiger partial charge in [0.15, 0.2) is 17.5 Å². The van der Waals surface area contributed by atoms with Crippen molar-refractivity contribution in [2.75, 3.05) is 0 Å². The summed E-state index contributed by atoms with van der Waals surface area (Å²) in [5.74, 6) is 0.331. The standard InChI is InChI=1S/C41H27N3/c1-3-10-28(11-4-1)33-22-23-35-27-36(25-24-34(35)26-33)41-43-39(31-13-5-2-6-14-31)42-40(44-41)32-20-18-30(19-21-32)38-17-9-15-29-12-7-8-16-37(29)38/h1-27H/i1D,3D,4D,10D,11D,22D,23D,24D,25D,26D,27D. The predicted octanol–water partition coefficient (Wildman–Crippen LogP) is 10.5. The zero-order valence-electron chi connectivity index (χ0n) is 34.1. The van der Waals surface area contributed by atoms with Crippen LogP contribution in [0.1, 0.15) is 15.1 Å². The lowest BCUT2D eigenvalue weighted by atomic mass is 9.97. The first-order chi connectivity index (χ1) is 26.4. The summed E-state index contributed by atoms with van der Waals surface area (Å²) in [5.41, 5.74) is 2.10. The molecular formula is C41H27N3. The summed E-state index contributed by atoms with van der Waals surface area (Å²) >= 11 is 0. The first kappa shape index (κ1) is 16.6. The molecule has 0 amide bonds. The van der Waals surface area contributed by atoms with E-state index in [0.717, 1.165) is 21.9 Å². The highest BCUT2D eigenvalue weighted by molar-refractivity contribution is 5.97. The molecule has 0 N–H and O–H groups in total. The molecule has 1 heterocycles. The van der Waals surface area contributed by atoms with Gasteiger partial charge in [0.1, 0.15) is 0 Å². The van der Waals surface area contributed by atoms with Crippen molar-refractivity contribution in [3.8, 4) is 56.4 Å².